The summed E-state index contributed by atoms with van der Waals surface area (Å²) in [5, 5.41) is 3.23. The van der Waals surface area contributed by atoms with E-state index >= 15 is 0 Å². The van der Waals surface area contributed by atoms with E-state index < -0.39 is 0 Å². The van der Waals surface area contributed by atoms with Crippen LogP contribution in [0.5, 0.6) is 0 Å². The highest BCUT2D eigenvalue weighted by Gasteiger charge is 2.06. The molecule has 0 radical (unpaired) electrons. The number of ether oxygens (including phenoxy) is 1. The van der Waals surface area contributed by atoms with Crippen LogP contribution in [0.3, 0.4) is 0 Å². The van der Waals surface area contributed by atoms with Crippen LogP contribution in [0, 0.1) is 0 Å². The zero-order valence-corrected chi connectivity index (χ0v) is 12.7. The second kappa shape index (κ2) is 7.05. The molecule has 0 fully saturated rings. The highest BCUT2D eigenvalue weighted by Crippen LogP contribution is 2.13. The summed E-state index contributed by atoms with van der Waals surface area (Å²) in [5.41, 5.74) is 2.33. The summed E-state index contributed by atoms with van der Waals surface area (Å²) < 4.78 is 5.92. The van der Waals surface area contributed by atoms with Crippen LogP contribution in [-0.2, 0) is 11.3 Å². The molecule has 1 aromatic heterocycles. The summed E-state index contributed by atoms with van der Waals surface area (Å²) >= 11 is 3.35. The van der Waals surface area contributed by atoms with E-state index in [1.807, 2.05) is 24.3 Å². The van der Waals surface area contributed by atoms with Crippen molar-refractivity contribution in [2.75, 3.05) is 11.9 Å². The number of anilines is 1. The third kappa shape index (κ3) is 4.06. The molecule has 0 amide bonds. The number of rotatable bonds is 5. The highest BCUT2D eigenvalue weighted by molar-refractivity contribution is 9.10. The molecule has 0 unspecified atom stereocenters. The molecular formula is C15H15BrN2O2. The lowest BCUT2D eigenvalue weighted by Gasteiger charge is -2.08. The molecule has 20 heavy (non-hydrogen) atoms. The maximum Gasteiger partial charge on any atom is 0.338 e. The van der Waals surface area contributed by atoms with Gasteiger partial charge in [-0.05, 0) is 53.2 Å². The number of nitrogens with zero attached hydrogens (tertiary/aromatic N) is 1. The number of hydrogen-bond donors (Lipinski definition) is 1. The third-order valence-electron chi connectivity index (χ3n) is 2.64. The van der Waals surface area contributed by atoms with Gasteiger partial charge in [0.25, 0.3) is 0 Å². The standard InChI is InChI=1S/C15H15BrN2O2/c1-2-20-15(19)11-4-3-5-13(8-11)18-10-14-7-6-12(16)9-17-14/h3-9,18H,2,10H2,1H3. The number of halogens is 1. The molecule has 0 bridgehead atoms. The zero-order chi connectivity index (χ0) is 14.4. The van der Waals surface area contributed by atoms with Gasteiger partial charge in [0.05, 0.1) is 24.4 Å². The van der Waals surface area contributed by atoms with Gasteiger partial charge in [-0.15, -0.1) is 0 Å². The molecule has 0 saturated carbocycles. The Bertz CT molecular complexity index is 585. The number of esters is 1. The summed E-state index contributed by atoms with van der Waals surface area (Å²) in [6.07, 6.45) is 1.76. The normalized spacial score (nSPS) is 10.1. The summed E-state index contributed by atoms with van der Waals surface area (Å²) in [4.78, 5) is 15.9. The van der Waals surface area contributed by atoms with Crippen molar-refractivity contribution in [3.05, 3.63) is 58.3 Å². The fourth-order valence-corrected chi connectivity index (χ4v) is 1.91. The monoisotopic (exact) mass is 334 g/mol. The predicted molar refractivity (Wildman–Crippen MR) is 81.7 cm³/mol. The number of carbonyl (C=O) groups is 1. The molecule has 0 saturated heterocycles. The number of carbonyl (C=O) groups excluding carboxylic acids is 1. The first kappa shape index (κ1) is 14.5. The minimum Gasteiger partial charge on any atom is -0.462 e. The van der Waals surface area contributed by atoms with E-state index in [1.165, 1.54) is 0 Å². The van der Waals surface area contributed by atoms with Crippen LogP contribution in [0.15, 0.2) is 47.1 Å². The Balaban J connectivity index is 2.01. The maximum atomic E-state index is 11.6. The van der Waals surface area contributed by atoms with E-state index in [9.17, 15) is 4.79 Å². The van der Waals surface area contributed by atoms with Crippen molar-refractivity contribution < 1.29 is 9.53 Å². The molecule has 0 spiro atoms. The van der Waals surface area contributed by atoms with Gasteiger partial charge in [-0.1, -0.05) is 6.07 Å². The van der Waals surface area contributed by atoms with Crippen molar-refractivity contribution in [3.63, 3.8) is 0 Å². The molecule has 0 aliphatic carbocycles. The topological polar surface area (TPSA) is 51.2 Å². The molecule has 2 aromatic rings. The molecule has 5 heteroatoms. The molecule has 1 N–H and O–H groups in total. The molecule has 2 rings (SSSR count). The van der Waals surface area contributed by atoms with Gasteiger partial charge in [0.1, 0.15) is 0 Å². The first-order valence-corrected chi connectivity index (χ1v) is 7.10. The van der Waals surface area contributed by atoms with Crippen molar-refractivity contribution in [1.29, 1.82) is 0 Å². The summed E-state index contributed by atoms with van der Waals surface area (Å²) in [6.45, 7) is 2.76. The fraction of sp³-hybridized carbons (Fsp3) is 0.200. The largest absolute Gasteiger partial charge is 0.462 e. The Morgan fingerprint density at radius 3 is 2.90 bits per heavy atom. The van der Waals surface area contributed by atoms with E-state index in [-0.39, 0.29) is 5.97 Å². The first-order chi connectivity index (χ1) is 9.69. The molecular weight excluding hydrogens is 320 g/mol. The lowest BCUT2D eigenvalue weighted by molar-refractivity contribution is 0.0526. The average molecular weight is 335 g/mol. The Morgan fingerprint density at radius 2 is 2.20 bits per heavy atom. The number of hydrogen-bond acceptors (Lipinski definition) is 4. The Kier molecular flexibility index (Phi) is 5.12. The molecule has 0 atom stereocenters. The van der Waals surface area contributed by atoms with Crippen molar-refractivity contribution in [1.82, 2.24) is 4.98 Å². The maximum absolute atomic E-state index is 11.6. The minimum absolute atomic E-state index is 0.307. The summed E-state index contributed by atoms with van der Waals surface area (Å²) in [6, 6.07) is 11.1. The average Bonchev–Trinajstić information content (AvgIpc) is 2.47. The van der Waals surface area contributed by atoms with Crippen molar-refractivity contribution in [3.8, 4) is 0 Å². The van der Waals surface area contributed by atoms with Gasteiger partial charge in [-0.25, -0.2) is 4.79 Å². The molecule has 1 aromatic carbocycles. The van der Waals surface area contributed by atoms with Gasteiger partial charge in [0.15, 0.2) is 0 Å². The van der Waals surface area contributed by atoms with Crippen LogP contribution in [0.1, 0.15) is 23.0 Å². The highest BCUT2D eigenvalue weighted by atomic mass is 79.9. The van der Waals surface area contributed by atoms with Crippen LogP contribution in [0.2, 0.25) is 0 Å². The van der Waals surface area contributed by atoms with Gasteiger partial charge in [0, 0.05) is 16.4 Å². The van der Waals surface area contributed by atoms with Crippen molar-refractivity contribution >= 4 is 27.6 Å². The number of pyridine rings is 1. The Morgan fingerprint density at radius 1 is 1.35 bits per heavy atom. The van der Waals surface area contributed by atoms with Gasteiger partial charge in [0.2, 0.25) is 0 Å². The second-order valence-corrected chi connectivity index (χ2v) is 5.04. The van der Waals surface area contributed by atoms with E-state index in [2.05, 4.69) is 26.2 Å². The van der Waals surface area contributed by atoms with Crippen LogP contribution < -0.4 is 5.32 Å². The lowest BCUT2D eigenvalue weighted by atomic mass is 10.2. The van der Waals surface area contributed by atoms with Gasteiger partial charge in [-0.2, -0.15) is 0 Å². The third-order valence-corrected chi connectivity index (χ3v) is 3.11. The first-order valence-electron chi connectivity index (χ1n) is 6.30. The lowest BCUT2D eigenvalue weighted by Crippen LogP contribution is -2.06. The fourth-order valence-electron chi connectivity index (χ4n) is 1.67. The van der Waals surface area contributed by atoms with E-state index in [0.717, 1.165) is 15.9 Å². The molecule has 0 aliphatic heterocycles. The van der Waals surface area contributed by atoms with Crippen LogP contribution in [0.4, 0.5) is 5.69 Å². The zero-order valence-electron chi connectivity index (χ0n) is 11.1. The molecule has 1 heterocycles. The molecule has 104 valence electrons. The predicted octanol–water partition coefficient (Wildman–Crippen LogP) is 3.63. The van der Waals surface area contributed by atoms with Crippen LogP contribution >= 0.6 is 15.9 Å². The van der Waals surface area contributed by atoms with E-state index in [0.29, 0.717) is 18.7 Å². The van der Waals surface area contributed by atoms with E-state index in [4.69, 9.17) is 4.74 Å². The summed E-state index contributed by atoms with van der Waals surface area (Å²) in [7, 11) is 0. The molecule has 0 aliphatic rings. The van der Waals surface area contributed by atoms with E-state index in [1.54, 1.807) is 25.3 Å². The number of benzene rings is 1. The van der Waals surface area contributed by atoms with Gasteiger partial charge >= 0.3 is 5.97 Å². The minimum atomic E-state index is -0.307. The van der Waals surface area contributed by atoms with Gasteiger partial charge < -0.3 is 10.1 Å². The van der Waals surface area contributed by atoms with Gasteiger partial charge in [-0.3, -0.25) is 4.98 Å². The number of nitrogens with one attached hydrogen (secondary N) is 1. The smallest absolute Gasteiger partial charge is 0.338 e. The Hall–Kier alpha value is -1.88. The number of aromatic nitrogens is 1. The summed E-state index contributed by atoms with van der Waals surface area (Å²) in [5.74, 6) is -0.307. The van der Waals surface area contributed by atoms with Crippen LogP contribution in [0.25, 0.3) is 0 Å². The SMILES string of the molecule is CCOC(=O)c1cccc(NCc2ccc(Br)cn2)c1. The quantitative estimate of drug-likeness (QED) is 0.848. The molecule has 4 nitrogen and oxygen atoms in total. The van der Waals surface area contributed by atoms with Crippen molar-refractivity contribution in [2.24, 2.45) is 0 Å². The van der Waals surface area contributed by atoms with Crippen molar-refractivity contribution in [2.45, 2.75) is 13.5 Å². The van der Waals surface area contributed by atoms with Crippen LogP contribution in [-0.4, -0.2) is 17.6 Å². The Labute approximate surface area is 126 Å². The second-order valence-electron chi connectivity index (χ2n) is 4.12.